The average molecular weight is 355 g/mol. The summed E-state index contributed by atoms with van der Waals surface area (Å²) in [5.74, 6) is -1.13. The standard InChI is InChI=1S/C20H18FNO2S/c21-17-9-5-4-8-16(17)19-11-10-15(25-19)13-22-18(20(23)24)12-14-6-2-1-3-7-14/h1-11,18,22H,12-13H2,(H,23,24)/t18-/m1/s1. The van der Waals surface area contributed by atoms with Crippen LogP contribution in [0.15, 0.2) is 66.7 Å². The molecule has 0 fully saturated rings. The van der Waals surface area contributed by atoms with Crippen LogP contribution < -0.4 is 5.32 Å². The molecule has 3 rings (SSSR count). The molecular weight excluding hydrogens is 337 g/mol. The van der Waals surface area contributed by atoms with E-state index in [1.165, 1.54) is 17.4 Å². The van der Waals surface area contributed by atoms with Gasteiger partial charge >= 0.3 is 5.97 Å². The Hall–Kier alpha value is -2.50. The van der Waals surface area contributed by atoms with Crippen molar-refractivity contribution in [1.82, 2.24) is 5.32 Å². The molecule has 0 saturated carbocycles. The van der Waals surface area contributed by atoms with Crippen molar-refractivity contribution in [2.24, 2.45) is 0 Å². The molecule has 0 saturated heterocycles. The van der Waals surface area contributed by atoms with Crippen molar-refractivity contribution in [3.05, 3.63) is 83.0 Å². The van der Waals surface area contributed by atoms with Crippen LogP contribution in [0, 0.1) is 5.82 Å². The zero-order valence-electron chi connectivity index (χ0n) is 13.5. The number of hydrogen-bond donors (Lipinski definition) is 2. The van der Waals surface area contributed by atoms with E-state index in [2.05, 4.69) is 5.32 Å². The van der Waals surface area contributed by atoms with Crippen molar-refractivity contribution in [3.8, 4) is 10.4 Å². The number of carboxylic acids is 1. The third kappa shape index (κ3) is 4.53. The second-order valence-corrected chi connectivity index (χ2v) is 6.88. The largest absolute Gasteiger partial charge is 0.480 e. The van der Waals surface area contributed by atoms with Gasteiger partial charge < -0.3 is 5.11 Å². The maximum absolute atomic E-state index is 13.9. The van der Waals surface area contributed by atoms with Crippen molar-refractivity contribution in [2.45, 2.75) is 19.0 Å². The first-order valence-electron chi connectivity index (χ1n) is 7.97. The summed E-state index contributed by atoms with van der Waals surface area (Å²) in [5, 5.41) is 12.5. The summed E-state index contributed by atoms with van der Waals surface area (Å²) in [7, 11) is 0. The lowest BCUT2D eigenvalue weighted by Crippen LogP contribution is -2.37. The van der Waals surface area contributed by atoms with E-state index in [-0.39, 0.29) is 5.82 Å². The molecule has 0 amide bonds. The first-order chi connectivity index (χ1) is 12.1. The molecule has 0 aliphatic rings. The van der Waals surface area contributed by atoms with E-state index in [4.69, 9.17) is 0 Å². The van der Waals surface area contributed by atoms with Gasteiger partial charge in [0.25, 0.3) is 0 Å². The molecular formula is C20H18FNO2S. The fourth-order valence-electron chi connectivity index (χ4n) is 2.60. The predicted molar refractivity (Wildman–Crippen MR) is 98.1 cm³/mol. The molecule has 0 radical (unpaired) electrons. The lowest BCUT2D eigenvalue weighted by Gasteiger charge is -2.14. The maximum Gasteiger partial charge on any atom is 0.321 e. The molecule has 1 atom stereocenters. The quantitative estimate of drug-likeness (QED) is 0.663. The third-order valence-electron chi connectivity index (χ3n) is 3.90. The molecule has 0 aliphatic heterocycles. The van der Waals surface area contributed by atoms with Crippen LogP contribution in [0.5, 0.6) is 0 Å². The molecule has 128 valence electrons. The van der Waals surface area contributed by atoms with E-state index in [0.29, 0.717) is 18.5 Å². The molecule has 1 heterocycles. The van der Waals surface area contributed by atoms with Crippen LogP contribution in [0.25, 0.3) is 10.4 Å². The average Bonchev–Trinajstić information content (AvgIpc) is 3.08. The van der Waals surface area contributed by atoms with Crippen molar-refractivity contribution in [3.63, 3.8) is 0 Å². The number of rotatable bonds is 7. The molecule has 3 nitrogen and oxygen atoms in total. The number of hydrogen-bond acceptors (Lipinski definition) is 3. The Bertz CT molecular complexity index is 848. The van der Waals surface area contributed by atoms with Gasteiger partial charge in [0.2, 0.25) is 0 Å². The van der Waals surface area contributed by atoms with Crippen LogP contribution >= 0.6 is 11.3 Å². The topological polar surface area (TPSA) is 49.3 Å². The number of carboxylic acid groups (broad SMARTS) is 1. The van der Waals surface area contributed by atoms with Crippen LogP contribution in [0.2, 0.25) is 0 Å². The first-order valence-corrected chi connectivity index (χ1v) is 8.79. The van der Waals surface area contributed by atoms with Crippen LogP contribution in [0.3, 0.4) is 0 Å². The SMILES string of the molecule is O=C(O)[C@@H](Cc1ccccc1)NCc1ccc(-c2ccccc2F)s1. The second-order valence-electron chi connectivity index (χ2n) is 5.71. The Labute approximate surface area is 149 Å². The Morgan fingerprint density at radius 1 is 1.04 bits per heavy atom. The number of aliphatic carboxylic acids is 1. The number of thiophene rings is 1. The molecule has 2 N–H and O–H groups in total. The Morgan fingerprint density at radius 3 is 2.48 bits per heavy atom. The molecule has 0 bridgehead atoms. The summed E-state index contributed by atoms with van der Waals surface area (Å²) < 4.78 is 13.9. The minimum Gasteiger partial charge on any atom is -0.480 e. The van der Waals surface area contributed by atoms with Gasteiger partial charge in [-0.3, -0.25) is 10.1 Å². The van der Waals surface area contributed by atoms with E-state index in [1.54, 1.807) is 18.2 Å². The fraction of sp³-hybridized carbons (Fsp3) is 0.150. The third-order valence-corrected chi connectivity index (χ3v) is 5.02. The summed E-state index contributed by atoms with van der Waals surface area (Å²) >= 11 is 1.46. The van der Waals surface area contributed by atoms with Crippen molar-refractivity contribution in [1.29, 1.82) is 0 Å². The normalized spacial score (nSPS) is 12.0. The lowest BCUT2D eigenvalue weighted by atomic mass is 10.1. The van der Waals surface area contributed by atoms with Gasteiger partial charge in [-0.1, -0.05) is 48.5 Å². The monoisotopic (exact) mass is 355 g/mol. The minimum absolute atomic E-state index is 0.253. The van der Waals surface area contributed by atoms with Gasteiger partial charge in [0.15, 0.2) is 0 Å². The summed E-state index contributed by atoms with van der Waals surface area (Å²) in [6.45, 7) is 0.433. The summed E-state index contributed by atoms with van der Waals surface area (Å²) in [5.41, 5.74) is 1.54. The van der Waals surface area contributed by atoms with Crippen LogP contribution in [-0.2, 0) is 17.8 Å². The second kappa shape index (κ2) is 8.05. The van der Waals surface area contributed by atoms with Gasteiger partial charge in [-0.15, -0.1) is 11.3 Å². The predicted octanol–water partition coefficient (Wildman–Crippen LogP) is 4.34. The van der Waals surface area contributed by atoms with E-state index in [9.17, 15) is 14.3 Å². The van der Waals surface area contributed by atoms with Crippen LogP contribution in [0.4, 0.5) is 4.39 Å². The summed E-state index contributed by atoms with van der Waals surface area (Å²) in [6, 6.07) is 19.3. The number of halogens is 1. The fourth-order valence-corrected chi connectivity index (χ4v) is 3.58. The van der Waals surface area contributed by atoms with Gasteiger partial charge in [-0.05, 0) is 30.2 Å². The molecule has 0 unspecified atom stereocenters. The van der Waals surface area contributed by atoms with E-state index < -0.39 is 12.0 Å². The van der Waals surface area contributed by atoms with Crippen molar-refractivity contribution < 1.29 is 14.3 Å². The summed E-state index contributed by atoms with van der Waals surface area (Å²) in [4.78, 5) is 13.3. The Kier molecular flexibility index (Phi) is 5.58. The molecule has 3 aromatic rings. The lowest BCUT2D eigenvalue weighted by molar-refractivity contribution is -0.139. The molecule has 0 spiro atoms. The van der Waals surface area contributed by atoms with Gasteiger partial charge in [0.1, 0.15) is 11.9 Å². The van der Waals surface area contributed by atoms with Gasteiger partial charge in [0, 0.05) is 21.9 Å². The molecule has 1 aromatic heterocycles. The van der Waals surface area contributed by atoms with Gasteiger partial charge in [-0.2, -0.15) is 0 Å². The summed E-state index contributed by atoms with van der Waals surface area (Å²) in [6.07, 6.45) is 0.418. The molecule has 0 aliphatic carbocycles. The molecule has 5 heteroatoms. The minimum atomic E-state index is -0.880. The zero-order chi connectivity index (χ0) is 17.6. The number of nitrogens with one attached hydrogen (secondary N) is 1. The van der Waals surface area contributed by atoms with E-state index >= 15 is 0 Å². The number of benzene rings is 2. The highest BCUT2D eigenvalue weighted by Gasteiger charge is 2.17. The van der Waals surface area contributed by atoms with Crippen LogP contribution in [0.1, 0.15) is 10.4 Å². The molecule has 2 aromatic carbocycles. The highest BCUT2D eigenvalue weighted by atomic mass is 32.1. The van der Waals surface area contributed by atoms with Gasteiger partial charge in [0.05, 0.1) is 0 Å². The highest BCUT2D eigenvalue weighted by molar-refractivity contribution is 7.15. The van der Waals surface area contributed by atoms with E-state index in [0.717, 1.165) is 15.3 Å². The van der Waals surface area contributed by atoms with Crippen molar-refractivity contribution in [2.75, 3.05) is 0 Å². The molecule has 25 heavy (non-hydrogen) atoms. The zero-order valence-corrected chi connectivity index (χ0v) is 14.3. The van der Waals surface area contributed by atoms with Crippen molar-refractivity contribution >= 4 is 17.3 Å². The number of carbonyl (C=O) groups is 1. The smallest absolute Gasteiger partial charge is 0.321 e. The Balaban J connectivity index is 1.66. The Morgan fingerprint density at radius 2 is 1.76 bits per heavy atom. The van der Waals surface area contributed by atoms with Gasteiger partial charge in [-0.25, -0.2) is 4.39 Å². The maximum atomic E-state index is 13.9. The highest BCUT2D eigenvalue weighted by Crippen LogP contribution is 2.30. The first kappa shape index (κ1) is 17.3. The van der Waals surface area contributed by atoms with Crippen LogP contribution in [-0.4, -0.2) is 17.1 Å². The van der Waals surface area contributed by atoms with E-state index in [1.807, 2.05) is 42.5 Å².